The van der Waals surface area contributed by atoms with Crippen LogP contribution in [0.15, 0.2) is 102 Å². The summed E-state index contributed by atoms with van der Waals surface area (Å²) in [6.45, 7) is 5.42. The van der Waals surface area contributed by atoms with Crippen LogP contribution in [-0.4, -0.2) is 62.5 Å². The van der Waals surface area contributed by atoms with Crippen molar-refractivity contribution in [2.75, 3.05) is 30.5 Å². The number of aliphatic hydroxyl groups is 1. The first-order valence-electron chi connectivity index (χ1n) is 17.3. The Morgan fingerprint density at radius 3 is 2.40 bits per heavy atom. The summed E-state index contributed by atoms with van der Waals surface area (Å²) in [5.74, 6) is -0.826. The van der Waals surface area contributed by atoms with E-state index in [2.05, 4.69) is 21.2 Å². The largest absolute Gasteiger partial charge is 0.497 e. The second kappa shape index (κ2) is 15.3. The fourth-order valence-corrected chi connectivity index (χ4v) is 10.6. The monoisotopic (exact) mass is 787 g/mol. The Labute approximate surface area is 313 Å². The summed E-state index contributed by atoms with van der Waals surface area (Å²) in [5.41, 5.74) is 1.78. The minimum Gasteiger partial charge on any atom is -0.497 e. The Morgan fingerprint density at radius 2 is 1.73 bits per heavy atom. The number of anilines is 2. The van der Waals surface area contributed by atoms with Crippen LogP contribution in [0.4, 0.5) is 15.5 Å². The molecule has 0 radical (unpaired) electrons. The van der Waals surface area contributed by atoms with Crippen molar-refractivity contribution < 1.29 is 33.1 Å². The molecule has 0 bridgehead atoms. The highest BCUT2D eigenvalue weighted by molar-refractivity contribution is 9.10. The molecule has 4 aromatic carbocycles. The molecule has 272 valence electrons. The van der Waals surface area contributed by atoms with Crippen molar-refractivity contribution in [3.8, 4) is 5.75 Å². The van der Waals surface area contributed by atoms with Crippen molar-refractivity contribution in [1.82, 2.24) is 4.90 Å². The number of halogens is 2. The number of ether oxygens (including phenoxy) is 2. The Bertz CT molecular complexity index is 1940. The lowest BCUT2D eigenvalue weighted by molar-refractivity contribution is -0.150. The summed E-state index contributed by atoms with van der Waals surface area (Å²) in [4.78, 5) is 45.0. The first-order chi connectivity index (χ1) is 24.8. The van der Waals surface area contributed by atoms with Gasteiger partial charge in [0.15, 0.2) is 5.60 Å². The number of nitrogens with zero attached hydrogens (tertiary/aromatic N) is 2. The van der Waals surface area contributed by atoms with Crippen LogP contribution in [0.2, 0.25) is 18.6 Å². The molecule has 1 saturated heterocycles. The standard InChI is InChI=1S/C40H43BrFN3O6Si/c1-26-37(52(3,4)42)35(23-36(47)44(19-20-46)24-27-9-6-5-7-10-27)51-40(26)33-22-30(41)15-18-34(33)45(39(40)49)25-28-11-8-12-31(21-28)43-38(48)29-13-16-32(50-2)17-14-29/h5-18,21-22,26,35,37,46H,19-20,23-25H2,1-4H3,(H,43,48)/t26-,35+,37-,40+/m1/s1. The molecule has 4 atom stereocenters. The van der Waals surface area contributed by atoms with E-state index in [-0.39, 0.29) is 50.4 Å². The number of nitrogens with one attached hydrogen (secondary N) is 1. The number of fused-ring (bicyclic) bond motifs is 2. The normalized spacial score (nSPS) is 20.9. The number of carbonyl (C=O) groups is 3. The van der Waals surface area contributed by atoms with Crippen molar-refractivity contribution in [2.24, 2.45) is 5.92 Å². The Kier molecular flexibility index (Phi) is 11.0. The minimum atomic E-state index is -3.53. The third-order valence-electron chi connectivity index (χ3n) is 10.1. The predicted molar refractivity (Wildman–Crippen MR) is 204 cm³/mol. The Balaban J connectivity index is 1.28. The Morgan fingerprint density at radius 1 is 1.02 bits per heavy atom. The topological polar surface area (TPSA) is 108 Å². The molecule has 1 spiro atoms. The predicted octanol–water partition coefficient (Wildman–Crippen LogP) is 7.44. The van der Waals surface area contributed by atoms with Crippen LogP contribution in [0.25, 0.3) is 0 Å². The van der Waals surface area contributed by atoms with Crippen LogP contribution >= 0.6 is 15.9 Å². The smallest absolute Gasteiger partial charge is 0.264 e. The van der Waals surface area contributed by atoms with Crippen LogP contribution in [0, 0.1) is 5.92 Å². The number of amides is 3. The number of methoxy groups -OCH3 is 1. The zero-order chi connectivity index (χ0) is 37.2. The minimum absolute atomic E-state index is 0.115. The lowest BCUT2D eigenvalue weighted by Crippen LogP contribution is -2.45. The van der Waals surface area contributed by atoms with E-state index >= 15 is 4.11 Å². The third kappa shape index (κ3) is 7.43. The maximum atomic E-state index is 16.4. The van der Waals surface area contributed by atoms with Gasteiger partial charge in [0.05, 0.1) is 38.5 Å². The van der Waals surface area contributed by atoms with Gasteiger partial charge in [-0.25, -0.2) is 0 Å². The van der Waals surface area contributed by atoms with Gasteiger partial charge in [0, 0.05) is 45.8 Å². The molecule has 0 saturated carbocycles. The van der Waals surface area contributed by atoms with Crippen molar-refractivity contribution in [1.29, 1.82) is 0 Å². The number of hydrogen-bond acceptors (Lipinski definition) is 6. The van der Waals surface area contributed by atoms with Crippen molar-refractivity contribution in [3.05, 3.63) is 124 Å². The molecule has 2 heterocycles. The average molecular weight is 789 g/mol. The molecule has 9 nitrogen and oxygen atoms in total. The molecule has 6 rings (SSSR count). The van der Waals surface area contributed by atoms with E-state index in [0.717, 1.165) is 15.6 Å². The lowest BCUT2D eigenvalue weighted by Gasteiger charge is -2.31. The van der Waals surface area contributed by atoms with E-state index in [0.29, 0.717) is 28.3 Å². The maximum Gasteiger partial charge on any atom is 0.264 e. The highest BCUT2D eigenvalue weighted by Gasteiger charge is 2.67. The molecular weight excluding hydrogens is 745 g/mol. The van der Waals surface area contributed by atoms with Gasteiger partial charge in [-0.1, -0.05) is 65.3 Å². The summed E-state index contributed by atoms with van der Waals surface area (Å²) < 4.78 is 29.2. The molecule has 4 aromatic rings. The van der Waals surface area contributed by atoms with Gasteiger partial charge in [0.2, 0.25) is 14.3 Å². The summed E-state index contributed by atoms with van der Waals surface area (Å²) in [5, 5.41) is 12.7. The molecule has 0 unspecified atom stereocenters. The molecule has 0 aliphatic carbocycles. The molecule has 2 aliphatic rings. The molecule has 2 N–H and O–H groups in total. The van der Waals surface area contributed by atoms with Crippen molar-refractivity contribution in [3.63, 3.8) is 0 Å². The van der Waals surface area contributed by atoms with E-state index in [1.807, 2.05) is 73.7 Å². The van der Waals surface area contributed by atoms with Crippen LogP contribution in [-0.2, 0) is 33.0 Å². The molecule has 2 aliphatic heterocycles. The fourth-order valence-electron chi connectivity index (χ4n) is 7.77. The van der Waals surface area contributed by atoms with Crippen LogP contribution in [0.3, 0.4) is 0 Å². The summed E-state index contributed by atoms with van der Waals surface area (Å²) >= 11 is 3.58. The molecule has 12 heteroatoms. The van der Waals surface area contributed by atoms with Gasteiger partial charge in [0.25, 0.3) is 11.8 Å². The first-order valence-corrected chi connectivity index (χ1v) is 21.1. The van der Waals surface area contributed by atoms with Gasteiger partial charge < -0.3 is 33.8 Å². The lowest BCUT2D eigenvalue weighted by atomic mass is 9.82. The number of carbonyl (C=O) groups excluding carboxylic acids is 3. The van der Waals surface area contributed by atoms with Gasteiger partial charge in [-0.2, -0.15) is 0 Å². The maximum absolute atomic E-state index is 16.4. The van der Waals surface area contributed by atoms with Crippen LogP contribution < -0.4 is 15.0 Å². The van der Waals surface area contributed by atoms with E-state index in [9.17, 15) is 19.5 Å². The zero-order valence-corrected chi connectivity index (χ0v) is 32.2. The van der Waals surface area contributed by atoms with E-state index in [4.69, 9.17) is 9.47 Å². The van der Waals surface area contributed by atoms with Crippen LogP contribution in [0.5, 0.6) is 5.75 Å². The average Bonchev–Trinajstić information content (AvgIpc) is 3.54. The van der Waals surface area contributed by atoms with E-state index < -0.39 is 31.6 Å². The molecule has 52 heavy (non-hydrogen) atoms. The highest BCUT2D eigenvalue weighted by Crippen LogP contribution is 2.60. The highest BCUT2D eigenvalue weighted by atomic mass is 79.9. The quantitative estimate of drug-likeness (QED) is 0.114. The second-order valence-electron chi connectivity index (χ2n) is 13.9. The Hall–Kier alpha value is -4.36. The van der Waals surface area contributed by atoms with Gasteiger partial charge >= 0.3 is 0 Å². The molecule has 1 fully saturated rings. The summed E-state index contributed by atoms with van der Waals surface area (Å²) in [6, 6.07) is 29.1. The van der Waals surface area contributed by atoms with Gasteiger partial charge in [-0.15, -0.1) is 0 Å². The van der Waals surface area contributed by atoms with E-state index in [1.54, 1.807) is 60.3 Å². The number of benzene rings is 4. The number of rotatable bonds is 12. The summed E-state index contributed by atoms with van der Waals surface area (Å²) in [6.07, 6.45) is -0.991. The van der Waals surface area contributed by atoms with Crippen molar-refractivity contribution in [2.45, 2.75) is 56.8 Å². The molecule has 0 aromatic heterocycles. The second-order valence-corrected chi connectivity index (χ2v) is 18.6. The summed E-state index contributed by atoms with van der Waals surface area (Å²) in [7, 11) is -1.97. The first kappa shape index (κ1) is 37.4. The van der Waals surface area contributed by atoms with Gasteiger partial charge in [0.1, 0.15) is 5.75 Å². The molecule has 3 amide bonds. The zero-order valence-electron chi connectivity index (χ0n) is 29.6. The SMILES string of the molecule is COc1ccc(C(=O)Nc2cccc(CN3C(=O)[C@@]4(O[C@@H](CC(=O)N(CCO)Cc5ccccc5)[C@H]([Si](C)(C)F)[C@H]4C)c4cc(Br)ccc43)c2)cc1. The molecular formula is C40H43BrFN3O6Si. The van der Waals surface area contributed by atoms with Gasteiger partial charge in [-0.05, 0) is 78.8 Å². The van der Waals surface area contributed by atoms with Gasteiger partial charge in [-0.3, -0.25) is 14.4 Å². The van der Waals surface area contributed by atoms with Crippen molar-refractivity contribution >= 4 is 53.4 Å². The number of hydrogen-bond donors (Lipinski definition) is 2. The van der Waals surface area contributed by atoms with E-state index in [1.165, 1.54) is 0 Å². The third-order valence-corrected chi connectivity index (χ3v) is 13.1. The van der Waals surface area contributed by atoms with Crippen LogP contribution in [0.1, 0.15) is 40.4 Å². The fraction of sp³-hybridized carbons (Fsp3) is 0.325. The number of aliphatic hydroxyl groups excluding tert-OH is 1.